The lowest BCUT2D eigenvalue weighted by Gasteiger charge is -2.38. The van der Waals surface area contributed by atoms with E-state index in [1.165, 1.54) is 4.31 Å². The first-order valence-corrected chi connectivity index (χ1v) is 11.7. The summed E-state index contributed by atoms with van der Waals surface area (Å²) in [6.07, 6.45) is 2.83. The maximum absolute atomic E-state index is 13.0. The largest absolute Gasteiger partial charge is 0.360 e. The molecule has 2 aromatic heterocycles. The predicted molar refractivity (Wildman–Crippen MR) is 110 cm³/mol. The Morgan fingerprint density at radius 2 is 1.77 bits per heavy atom. The third-order valence-corrected chi connectivity index (χ3v) is 8.08. The van der Waals surface area contributed by atoms with E-state index in [0.29, 0.717) is 50.5 Å². The summed E-state index contributed by atoms with van der Waals surface area (Å²) in [7, 11) is -3.65. The first-order chi connectivity index (χ1) is 14.4. The molecule has 10 heteroatoms. The van der Waals surface area contributed by atoms with Crippen molar-refractivity contribution < 1.29 is 17.7 Å². The van der Waals surface area contributed by atoms with Gasteiger partial charge >= 0.3 is 0 Å². The summed E-state index contributed by atoms with van der Waals surface area (Å²) in [5.41, 5.74) is 0.372. The highest BCUT2D eigenvalue weighted by atomic mass is 32.2. The van der Waals surface area contributed by atoms with Crippen molar-refractivity contribution >= 4 is 21.7 Å². The lowest BCUT2D eigenvalue weighted by atomic mass is 9.96. The summed E-state index contributed by atoms with van der Waals surface area (Å²) < 4.78 is 32.4. The van der Waals surface area contributed by atoms with Crippen LogP contribution in [0.15, 0.2) is 33.8 Å². The van der Waals surface area contributed by atoms with Gasteiger partial charge in [0.2, 0.25) is 15.9 Å². The van der Waals surface area contributed by atoms with Crippen molar-refractivity contribution in [2.45, 2.75) is 31.6 Å². The Hall–Kier alpha value is -2.46. The molecular weight excluding hydrogens is 406 g/mol. The van der Waals surface area contributed by atoms with Crippen molar-refractivity contribution in [1.29, 1.82) is 0 Å². The molecule has 4 heterocycles. The molecule has 0 atom stereocenters. The molecule has 0 aliphatic carbocycles. The monoisotopic (exact) mass is 433 g/mol. The second-order valence-electron chi connectivity index (χ2n) is 7.83. The topological polar surface area (TPSA) is 99.8 Å². The lowest BCUT2D eigenvalue weighted by molar-refractivity contribution is -0.137. The van der Waals surface area contributed by atoms with Crippen molar-refractivity contribution in [2.75, 3.05) is 44.2 Å². The van der Waals surface area contributed by atoms with Crippen molar-refractivity contribution in [3.63, 3.8) is 0 Å². The minimum Gasteiger partial charge on any atom is -0.360 e. The van der Waals surface area contributed by atoms with E-state index in [2.05, 4.69) is 15.0 Å². The number of aryl methyl sites for hydroxylation is 2. The van der Waals surface area contributed by atoms with Crippen LogP contribution in [0.3, 0.4) is 0 Å². The molecule has 0 spiro atoms. The molecule has 2 aromatic rings. The molecule has 0 saturated carbocycles. The molecule has 2 fully saturated rings. The number of hydrogen-bond donors (Lipinski definition) is 0. The summed E-state index contributed by atoms with van der Waals surface area (Å²) in [6.45, 7) is 6.72. The van der Waals surface area contributed by atoms with Gasteiger partial charge in [0.25, 0.3) is 0 Å². The van der Waals surface area contributed by atoms with Gasteiger partial charge in [-0.3, -0.25) is 4.79 Å². The van der Waals surface area contributed by atoms with Crippen molar-refractivity contribution in [3.05, 3.63) is 35.9 Å². The lowest BCUT2D eigenvalue weighted by Crippen LogP contribution is -2.52. The van der Waals surface area contributed by atoms with Crippen LogP contribution in [0.5, 0.6) is 0 Å². The van der Waals surface area contributed by atoms with Crippen LogP contribution in [0, 0.1) is 19.8 Å². The number of anilines is 1. The zero-order valence-corrected chi connectivity index (χ0v) is 18.1. The number of pyridine rings is 1. The summed E-state index contributed by atoms with van der Waals surface area (Å²) >= 11 is 0. The van der Waals surface area contributed by atoms with Gasteiger partial charge in [0.15, 0.2) is 5.76 Å². The van der Waals surface area contributed by atoms with Crippen LogP contribution in [0.4, 0.5) is 5.82 Å². The molecule has 2 aliphatic rings. The third kappa shape index (κ3) is 3.93. The van der Waals surface area contributed by atoms with Gasteiger partial charge in [0.05, 0.1) is 0 Å². The quantitative estimate of drug-likeness (QED) is 0.719. The fourth-order valence-electron chi connectivity index (χ4n) is 4.27. The van der Waals surface area contributed by atoms with E-state index in [1.54, 1.807) is 20.0 Å². The predicted octanol–water partition coefficient (Wildman–Crippen LogP) is 1.44. The van der Waals surface area contributed by atoms with E-state index in [4.69, 9.17) is 4.52 Å². The minimum absolute atomic E-state index is 0.130. The van der Waals surface area contributed by atoms with Gasteiger partial charge in [-0.1, -0.05) is 11.2 Å². The zero-order valence-electron chi connectivity index (χ0n) is 17.3. The van der Waals surface area contributed by atoms with Gasteiger partial charge in [-0.05, 0) is 38.8 Å². The highest BCUT2D eigenvalue weighted by molar-refractivity contribution is 7.89. The van der Waals surface area contributed by atoms with Crippen molar-refractivity contribution in [2.24, 2.45) is 5.92 Å². The number of piperazine rings is 1. The molecule has 0 bridgehead atoms. The minimum atomic E-state index is -3.65. The zero-order chi connectivity index (χ0) is 21.3. The smallest absolute Gasteiger partial charge is 0.248 e. The van der Waals surface area contributed by atoms with E-state index >= 15 is 0 Å². The molecule has 0 unspecified atom stereocenters. The van der Waals surface area contributed by atoms with Gasteiger partial charge in [-0.25, -0.2) is 13.4 Å². The van der Waals surface area contributed by atoms with E-state index in [0.717, 1.165) is 18.9 Å². The van der Waals surface area contributed by atoms with Gasteiger partial charge in [0, 0.05) is 51.4 Å². The summed E-state index contributed by atoms with van der Waals surface area (Å²) in [6, 6.07) is 5.83. The number of piperidine rings is 1. The molecule has 2 saturated heterocycles. The average Bonchev–Trinajstić information content (AvgIpc) is 3.13. The molecular formula is C20H27N5O4S. The summed E-state index contributed by atoms with van der Waals surface area (Å²) in [5.74, 6) is 1.23. The Morgan fingerprint density at radius 1 is 1.07 bits per heavy atom. The molecule has 30 heavy (non-hydrogen) atoms. The second-order valence-corrected chi connectivity index (χ2v) is 9.71. The Bertz CT molecular complexity index is 972. The summed E-state index contributed by atoms with van der Waals surface area (Å²) in [4.78, 5) is 21.6. The van der Waals surface area contributed by atoms with Crippen molar-refractivity contribution in [3.8, 4) is 0 Å². The van der Waals surface area contributed by atoms with Gasteiger partial charge < -0.3 is 14.3 Å². The Balaban J connectivity index is 1.33. The first-order valence-electron chi connectivity index (χ1n) is 10.3. The fraction of sp³-hybridized carbons (Fsp3) is 0.550. The van der Waals surface area contributed by atoms with Crippen LogP contribution in [0.1, 0.15) is 24.3 Å². The molecule has 2 aliphatic heterocycles. The van der Waals surface area contributed by atoms with E-state index in [1.807, 2.05) is 23.1 Å². The third-order valence-electron chi connectivity index (χ3n) is 5.93. The van der Waals surface area contributed by atoms with Gasteiger partial charge in [-0.15, -0.1) is 0 Å². The number of amides is 1. The maximum Gasteiger partial charge on any atom is 0.248 e. The Labute approximate surface area is 176 Å². The fourth-order valence-corrected chi connectivity index (χ4v) is 6.03. The standard InChI is InChI=1S/C20H27N5O4S/c1-15-19(16(2)29-22-15)30(27,28)25-9-6-17(7-10-25)20(26)24-13-11-23(12-14-24)18-5-3-4-8-21-18/h3-5,8,17H,6-7,9-14H2,1-2H3. The normalized spacial score (nSPS) is 19.3. The highest BCUT2D eigenvalue weighted by Crippen LogP contribution is 2.28. The van der Waals surface area contributed by atoms with E-state index in [-0.39, 0.29) is 16.7 Å². The number of carbonyl (C=O) groups excluding carboxylic acids is 1. The number of aromatic nitrogens is 2. The highest BCUT2D eigenvalue weighted by Gasteiger charge is 2.37. The van der Waals surface area contributed by atoms with E-state index < -0.39 is 10.0 Å². The van der Waals surface area contributed by atoms with E-state index in [9.17, 15) is 13.2 Å². The Kier molecular flexibility index (Phi) is 5.79. The summed E-state index contributed by atoms with van der Waals surface area (Å²) in [5, 5.41) is 3.76. The van der Waals surface area contributed by atoms with Crippen LogP contribution < -0.4 is 4.90 Å². The first kappa shape index (κ1) is 20.8. The molecule has 9 nitrogen and oxygen atoms in total. The number of hydrogen-bond acceptors (Lipinski definition) is 7. The van der Waals surface area contributed by atoms with Crippen LogP contribution in [-0.2, 0) is 14.8 Å². The molecule has 1 amide bonds. The van der Waals surface area contributed by atoms with Crippen LogP contribution in [0.25, 0.3) is 0 Å². The maximum atomic E-state index is 13.0. The number of rotatable bonds is 4. The van der Waals surface area contributed by atoms with Gasteiger partial charge in [-0.2, -0.15) is 4.31 Å². The molecule has 0 N–H and O–H groups in total. The van der Waals surface area contributed by atoms with Crippen molar-refractivity contribution in [1.82, 2.24) is 19.3 Å². The second kappa shape index (κ2) is 8.35. The molecule has 0 radical (unpaired) electrons. The SMILES string of the molecule is Cc1noc(C)c1S(=O)(=O)N1CCC(C(=O)N2CCN(c3ccccn3)CC2)CC1. The van der Waals surface area contributed by atoms with Crippen LogP contribution in [-0.4, -0.2) is 72.9 Å². The number of nitrogens with zero attached hydrogens (tertiary/aromatic N) is 5. The van der Waals surface area contributed by atoms with Gasteiger partial charge in [0.1, 0.15) is 16.4 Å². The average molecular weight is 434 g/mol. The Morgan fingerprint density at radius 3 is 2.33 bits per heavy atom. The molecule has 0 aromatic carbocycles. The molecule has 162 valence electrons. The van der Waals surface area contributed by atoms with Crippen LogP contribution >= 0.6 is 0 Å². The number of sulfonamides is 1. The van der Waals surface area contributed by atoms with Crippen LogP contribution in [0.2, 0.25) is 0 Å². The number of carbonyl (C=O) groups is 1. The molecule has 4 rings (SSSR count).